The zero-order chi connectivity index (χ0) is 6.57. The third-order valence-electron chi connectivity index (χ3n) is 0.761. The zero-order valence-electron chi connectivity index (χ0n) is 4.59. The molecule has 0 aromatic carbocycles. The van der Waals surface area contributed by atoms with Gasteiger partial charge in [0.25, 0.3) is 0 Å². The van der Waals surface area contributed by atoms with Gasteiger partial charge in [-0.3, -0.25) is 0 Å². The average Bonchev–Trinajstić information content (AvgIpc) is 1.84. The molecular formula is C5H8BNO. The smallest absolute Gasteiger partial charge is 0.113 e. The largest absolute Gasteiger partial charge is 0.399 e. The molecule has 0 fully saturated rings. The van der Waals surface area contributed by atoms with E-state index in [2.05, 4.69) is 6.58 Å². The summed E-state index contributed by atoms with van der Waals surface area (Å²) in [4.78, 5) is 0. The Morgan fingerprint density at radius 1 is 1.88 bits per heavy atom. The second-order valence-electron chi connectivity index (χ2n) is 1.34. The van der Waals surface area contributed by atoms with E-state index in [4.69, 9.17) is 18.7 Å². The Balaban J connectivity index is 4.03. The molecule has 0 aromatic heterocycles. The number of hydrogen-bond donors (Lipinski definition) is 2. The molecule has 8 heavy (non-hydrogen) atoms. The highest BCUT2D eigenvalue weighted by Gasteiger charge is 1.87. The predicted molar refractivity (Wildman–Crippen MR) is 34.3 cm³/mol. The van der Waals surface area contributed by atoms with Crippen molar-refractivity contribution < 1.29 is 5.11 Å². The second-order valence-corrected chi connectivity index (χ2v) is 1.34. The second kappa shape index (κ2) is 3.33. The third kappa shape index (κ3) is 1.84. The Labute approximate surface area is 50.1 Å². The van der Waals surface area contributed by atoms with E-state index in [1.54, 1.807) is 0 Å². The molecule has 0 amide bonds. The number of aliphatic hydroxyl groups is 1. The summed E-state index contributed by atoms with van der Waals surface area (Å²) in [5.41, 5.74) is 5.81. The van der Waals surface area contributed by atoms with Crippen LogP contribution >= 0.6 is 0 Å². The maximum absolute atomic E-state index is 8.33. The molecule has 0 aromatic rings. The quantitative estimate of drug-likeness (QED) is 0.371. The number of allylic oxidation sites excluding steroid dienone is 1. The lowest BCUT2D eigenvalue weighted by atomic mass is 9.94. The van der Waals surface area contributed by atoms with Crippen LogP contribution in [-0.4, -0.2) is 19.6 Å². The maximum Gasteiger partial charge on any atom is 0.113 e. The van der Waals surface area contributed by atoms with Gasteiger partial charge in [-0.05, 0) is 6.08 Å². The van der Waals surface area contributed by atoms with Crippen molar-refractivity contribution in [3.63, 3.8) is 0 Å². The van der Waals surface area contributed by atoms with Gasteiger partial charge in [0.2, 0.25) is 0 Å². The first-order valence-electron chi connectivity index (χ1n) is 2.19. The molecular weight excluding hydrogens is 101 g/mol. The van der Waals surface area contributed by atoms with Gasteiger partial charge in [0.1, 0.15) is 7.85 Å². The van der Waals surface area contributed by atoms with Crippen LogP contribution in [0.15, 0.2) is 23.8 Å². The van der Waals surface area contributed by atoms with Crippen LogP contribution in [0.25, 0.3) is 0 Å². The number of rotatable bonds is 2. The minimum absolute atomic E-state index is 0.210. The Kier molecular flexibility index (Phi) is 3.04. The fourth-order valence-corrected chi connectivity index (χ4v) is 0.222. The molecule has 2 nitrogen and oxygen atoms in total. The Hall–Kier alpha value is -0.695. The van der Waals surface area contributed by atoms with Crippen molar-refractivity contribution in [2.75, 3.05) is 6.61 Å². The van der Waals surface area contributed by atoms with Crippen molar-refractivity contribution in [3.05, 3.63) is 23.8 Å². The molecule has 0 atom stereocenters. The monoisotopic (exact) mass is 109 g/mol. The average molecular weight is 109 g/mol. The maximum atomic E-state index is 8.33. The lowest BCUT2D eigenvalue weighted by molar-refractivity contribution is 0.338. The summed E-state index contributed by atoms with van der Waals surface area (Å²) >= 11 is 0. The van der Waals surface area contributed by atoms with Gasteiger partial charge in [-0.15, -0.1) is 0 Å². The topological polar surface area (TPSA) is 46.2 Å². The summed E-state index contributed by atoms with van der Waals surface area (Å²) < 4.78 is 0. The van der Waals surface area contributed by atoms with Gasteiger partial charge in [-0.1, -0.05) is 12.1 Å². The van der Waals surface area contributed by atoms with Crippen LogP contribution in [0.5, 0.6) is 0 Å². The van der Waals surface area contributed by atoms with E-state index >= 15 is 0 Å². The van der Waals surface area contributed by atoms with Gasteiger partial charge in [-0.2, -0.15) is 0 Å². The first-order valence-corrected chi connectivity index (χ1v) is 2.19. The summed E-state index contributed by atoms with van der Waals surface area (Å²) in [6, 6.07) is 0. The highest BCUT2D eigenvalue weighted by molar-refractivity contribution is 6.22. The molecule has 0 aliphatic carbocycles. The van der Waals surface area contributed by atoms with Gasteiger partial charge in [-0.25, -0.2) is 0 Å². The van der Waals surface area contributed by atoms with E-state index < -0.39 is 0 Å². The van der Waals surface area contributed by atoms with Crippen molar-refractivity contribution >= 4 is 7.85 Å². The molecule has 2 radical (unpaired) electrons. The Morgan fingerprint density at radius 2 is 2.38 bits per heavy atom. The SMILES string of the molecule is [B]/C(CO)=C(\N)C=C. The molecule has 0 aliphatic rings. The summed E-state index contributed by atoms with van der Waals surface area (Å²) in [7, 11) is 5.16. The summed E-state index contributed by atoms with van der Waals surface area (Å²) in [6.07, 6.45) is 1.39. The van der Waals surface area contributed by atoms with Crippen LogP contribution in [0.4, 0.5) is 0 Å². The van der Waals surface area contributed by atoms with E-state index in [1.165, 1.54) is 6.08 Å². The van der Waals surface area contributed by atoms with Gasteiger partial charge >= 0.3 is 0 Å². The third-order valence-corrected chi connectivity index (χ3v) is 0.761. The van der Waals surface area contributed by atoms with Crippen LogP contribution in [0.2, 0.25) is 0 Å². The number of aliphatic hydroxyl groups excluding tert-OH is 1. The van der Waals surface area contributed by atoms with Gasteiger partial charge in [0, 0.05) is 5.70 Å². The molecule has 0 rings (SSSR count). The van der Waals surface area contributed by atoms with Crippen molar-refractivity contribution in [3.8, 4) is 0 Å². The standard InChI is InChI=1S/C5H8BNO/c1-2-5(7)4(6)3-8/h2,8H,1,3,7H2/b5-4-. The van der Waals surface area contributed by atoms with Crippen LogP contribution in [-0.2, 0) is 0 Å². The normalized spacial score (nSPS) is 12.6. The minimum atomic E-state index is -0.210. The van der Waals surface area contributed by atoms with Crippen molar-refractivity contribution in [1.29, 1.82) is 0 Å². The number of hydrogen-bond acceptors (Lipinski definition) is 2. The van der Waals surface area contributed by atoms with E-state index in [0.29, 0.717) is 5.70 Å². The Morgan fingerprint density at radius 3 is 2.50 bits per heavy atom. The first kappa shape index (κ1) is 7.30. The molecule has 0 bridgehead atoms. The van der Waals surface area contributed by atoms with E-state index in [9.17, 15) is 0 Å². The fraction of sp³-hybridized carbons (Fsp3) is 0.200. The summed E-state index contributed by atoms with van der Waals surface area (Å²) in [6.45, 7) is 3.15. The van der Waals surface area contributed by atoms with Crippen molar-refractivity contribution in [2.45, 2.75) is 0 Å². The van der Waals surface area contributed by atoms with Crippen LogP contribution in [0.3, 0.4) is 0 Å². The van der Waals surface area contributed by atoms with E-state index in [0.717, 1.165) is 0 Å². The van der Waals surface area contributed by atoms with Gasteiger partial charge in [0.15, 0.2) is 0 Å². The molecule has 0 heterocycles. The predicted octanol–water partition coefficient (Wildman–Crippen LogP) is -0.496. The highest BCUT2D eigenvalue weighted by atomic mass is 16.3. The zero-order valence-corrected chi connectivity index (χ0v) is 4.59. The van der Waals surface area contributed by atoms with Crippen molar-refractivity contribution in [2.24, 2.45) is 5.73 Å². The fourth-order valence-electron chi connectivity index (χ4n) is 0.222. The van der Waals surface area contributed by atoms with Crippen LogP contribution < -0.4 is 5.73 Å². The van der Waals surface area contributed by atoms with Crippen molar-refractivity contribution in [1.82, 2.24) is 0 Å². The molecule has 42 valence electrons. The molecule has 0 saturated carbocycles. The van der Waals surface area contributed by atoms with Crippen LogP contribution in [0, 0.1) is 0 Å². The lowest BCUT2D eigenvalue weighted by Gasteiger charge is -1.96. The molecule has 3 heteroatoms. The van der Waals surface area contributed by atoms with E-state index in [1.807, 2.05) is 0 Å². The number of nitrogens with two attached hydrogens (primary N) is 1. The molecule has 3 N–H and O–H groups in total. The lowest BCUT2D eigenvalue weighted by Crippen LogP contribution is -2.02. The van der Waals surface area contributed by atoms with Gasteiger partial charge < -0.3 is 10.8 Å². The summed E-state index contributed by atoms with van der Waals surface area (Å²) in [5, 5.41) is 8.33. The summed E-state index contributed by atoms with van der Waals surface area (Å²) in [5.74, 6) is 0. The molecule has 0 spiro atoms. The highest BCUT2D eigenvalue weighted by Crippen LogP contribution is 1.90. The van der Waals surface area contributed by atoms with E-state index in [-0.39, 0.29) is 12.1 Å². The molecule has 0 aliphatic heterocycles. The minimum Gasteiger partial charge on any atom is -0.399 e. The Bertz CT molecular complexity index is 120. The molecule has 0 saturated heterocycles. The molecule has 0 unspecified atom stereocenters. The first-order chi connectivity index (χ1) is 3.72. The van der Waals surface area contributed by atoms with Gasteiger partial charge in [0.05, 0.1) is 6.61 Å². The van der Waals surface area contributed by atoms with Crippen LogP contribution in [0.1, 0.15) is 0 Å².